The summed E-state index contributed by atoms with van der Waals surface area (Å²) < 4.78 is 12.4. The van der Waals surface area contributed by atoms with E-state index in [1.807, 2.05) is 42.5 Å². The number of benzene rings is 2. The molecule has 1 unspecified atom stereocenters. The summed E-state index contributed by atoms with van der Waals surface area (Å²) in [5, 5.41) is 10.3. The summed E-state index contributed by atoms with van der Waals surface area (Å²) in [4.78, 5) is 0. The zero-order chi connectivity index (χ0) is 14.1. The van der Waals surface area contributed by atoms with Crippen molar-refractivity contribution in [1.29, 1.82) is 0 Å². The van der Waals surface area contributed by atoms with Crippen molar-refractivity contribution in [2.75, 3.05) is 7.11 Å². The molecule has 0 aromatic heterocycles. The zero-order valence-corrected chi connectivity index (χ0v) is 12.6. The summed E-state index contributed by atoms with van der Waals surface area (Å²) in [6.45, 7) is 0. The van der Waals surface area contributed by atoms with Gasteiger partial charge in [0.15, 0.2) is 0 Å². The Balaban J connectivity index is 1.99. The molecule has 0 amide bonds. The second-order valence-electron chi connectivity index (χ2n) is 4.78. The first-order chi connectivity index (χ1) is 9.69. The molecule has 3 rings (SSSR count). The van der Waals surface area contributed by atoms with Crippen LogP contribution in [0.15, 0.2) is 46.9 Å². The number of fused-ring (bicyclic) bond motifs is 1. The lowest BCUT2D eigenvalue weighted by molar-refractivity contribution is 0.0645. The van der Waals surface area contributed by atoms with Crippen molar-refractivity contribution in [3.63, 3.8) is 0 Å². The van der Waals surface area contributed by atoms with E-state index in [1.54, 1.807) is 7.11 Å². The lowest BCUT2D eigenvalue weighted by Crippen LogP contribution is -2.19. The van der Waals surface area contributed by atoms with Gasteiger partial charge in [0.1, 0.15) is 17.6 Å². The third kappa shape index (κ3) is 2.41. The van der Waals surface area contributed by atoms with E-state index in [1.165, 1.54) is 0 Å². The molecule has 2 aromatic rings. The van der Waals surface area contributed by atoms with Crippen molar-refractivity contribution in [3.05, 3.63) is 58.1 Å². The van der Waals surface area contributed by atoms with Gasteiger partial charge in [-0.05, 0) is 24.3 Å². The first-order valence-corrected chi connectivity index (χ1v) is 7.25. The molecule has 1 N–H and O–H groups in total. The van der Waals surface area contributed by atoms with Crippen molar-refractivity contribution < 1.29 is 14.6 Å². The van der Waals surface area contributed by atoms with Crippen molar-refractivity contribution in [1.82, 2.24) is 0 Å². The van der Waals surface area contributed by atoms with Crippen LogP contribution in [-0.2, 0) is 0 Å². The number of hydrogen-bond acceptors (Lipinski definition) is 3. The quantitative estimate of drug-likeness (QED) is 0.901. The van der Waals surface area contributed by atoms with Crippen molar-refractivity contribution in [3.8, 4) is 11.5 Å². The minimum atomic E-state index is -0.520. The van der Waals surface area contributed by atoms with Crippen LogP contribution in [0.3, 0.4) is 0 Å². The third-order valence-electron chi connectivity index (χ3n) is 3.52. The van der Waals surface area contributed by atoms with E-state index in [0.717, 1.165) is 27.1 Å². The molecule has 1 heterocycles. The average Bonchev–Trinajstić information content (AvgIpc) is 2.47. The molecule has 1 aliphatic heterocycles. The molecule has 0 fully saturated rings. The van der Waals surface area contributed by atoms with Crippen LogP contribution in [0.2, 0.25) is 0 Å². The Morgan fingerprint density at radius 3 is 2.80 bits per heavy atom. The van der Waals surface area contributed by atoms with E-state index in [9.17, 15) is 5.11 Å². The van der Waals surface area contributed by atoms with Gasteiger partial charge in [0, 0.05) is 22.0 Å². The zero-order valence-electron chi connectivity index (χ0n) is 11.0. The Morgan fingerprint density at radius 1 is 1.20 bits per heavy atom. The maximum absolute atomic E-state index is 10.3. The topological polar surface area (TPSA) is 38.7 Å². The van der Waals surface area contributed by atoms with E-state index >= 15 is 0 Å². The van der Waals surface area contributed by atoms with Gasteiger partial charge in [0.05, 0.1) is 13.2 Å². The Hall–Kier alpha value is -1.52. The lowest BCUT2D eigenvalue weighted by Gasteiger charge is -2.30. The van der Waals surface area contributed by atoms with Gasteiger partial charge >= 0.3 is 0 Å². The summed E-state index contributed by atoms with van der Waals surface area (Å²) in [6.07, 6.45) is -0.218. The Labute approximate surface area is 126 Å². The Kier molecular flexibility index (Phi) is 3.68. The summed E-state index contributed by atoms with van der Waals surface area (Å²) in [7, 11) is 1.64. The molecular weight excluding hydrogens is 320 g/mol. The number of aliphatic hydroxyl groups excluding tert-OH is 1. The predicted molar refractivity (Wildman–Crippen MR) is 80.1 cm³/mol. The predicted octanol–water partition coefficient (Wildman–Crippen LogP) is 4.01. The molecular formula is C16H15BrO3. The minimum absolute atomic E-state index is 0.215. The fraction of sp³-hybridized carbons (Fsp3) is 0.250. The minimum Gasteiger partial charge on any atom is -0.496 e. The molecule has 0 saturated heterocycles. The van der Waals surface area contributed by atoms with Crippen LogP contribution in [0.25, 0.3) is 0 Å². The molecule has 0 radical (unpaired) electrons. The fourth-order valence-corrected chi connectivity index (χ4v) is 2.92. The monoisotopic (exact) mass is 334 g/mol. The summed E-state index contributed by atoms with van der Waals surface area (Å²) in [6, 6.07) is 13.4. The Bertz CT molecular complexity index is 627. The standard InChI is InChI=1S/C16H15BrO3/c1-19-14-7-6-10(17)8-12(14)16-9-13(18)11-4-2-3-5-15(11)20-16/h2-8,13,16,18H,9H2,1H3/t13-,16?/m0/s1. The molecule has 104 valence electrons. The normalized spacial score (nSPS) is 20.9. The first-order valence-electron chi connectivity index (χ1n) is 6.46. The molecule has 0 aliphatic carbocycles. The molecule has 2 aromatic carbocycles. The fourth-order valence-electron chi connectivity index (χ4n) is 2.54. The number of halogens is 1. The highest BCUT2D eigenvalue weighted by molar-refractivity contribution is 9.10. The van der Waals surface area contributed by atoms with Gasteiger partial charge < -0.3 is 14.6 Å². The van der Waals surface area contributed by atoms with Crippen LogP contribution < -0.4 is 9.47 Å². The average molecular weight is 335 g/mol. The first kappa shape index (κ1) is 13.5. The maximum Gasteiger partial charge on any atom is 0.130 e. The largest absolute Gasteiger partial charge is 0.496 e. The summed E-state index contributed by atoms with van der Waals surface area (Å²) in [5.74, 6) is 1.50. The lowest BCUT2D eigenvalue weighted by atomic mass is 9.94. The third-order valence-corrected chi connectivity index (χ3v) is 4.02. The van der Waals surface area contributed by atoms with Gasteiger partial charge in [-0.15, -0.1) is 0 Å². The second-order valence-corrected chi connectivity index (χ2v) is 5.70. The second kappa shape index (κ2) is 5.46. The number of para-hydroxylation sites is 1. The highest BCUT2D eigenvalue weighted by Gasteiger charge is 2.29. The summed E-state index contributed by atoms with van der Waals surface area (Å²) in [5.41, 5.74) is 1.79. The molecule has 2 atom stereocenters. The van der Waals surface area contributed by atoms with Gasteiger partial charge in [0.2, 0.25) is 0 Å². The molecule has 4 heteroatoms. The highest BCUT2D eigenvalue weighted by atomic mass is 79.9. The van der Waals surface area contributed by atoms with Gasteiger partial charge in [0.25, 0.3) is 0 Å². The molecule has 20 heavy (non-hydrogen) atoms. The number of ether oxygens (including phenoxy) is 2. The van der Waals surface area contributed by atoms with Crippen LogP contribution in [-0.4, -0.2) is 12.2 Å². The van der Waals surface area contributed by atoms with Crippen LogP contribution in [0.4, 0.5) is 0 Å². The van der Waals surface area contributed by atoms with Gasteiger partial charge in [-0.3, -0.25) is 0 Å². The number of methoxy groups -OCH3 is 1. The van der Waals surface area contributed by atoms with Crippen molar-refractivity contribution in [2.24, 2.45) is 0 Å². The molecule has 0 saturated carbocycles. The number of hydrogen-bond donors (Lipinski definition) is 1. The molecule has 0 spiro atoms. The number of rotatable bonds is 2. The maximum atomic E-state index is 10.3. The van der Waals surface area contributed by atoms with Gasteiger partial charge in [-0.25, -0.2) is 0 Å². The van der Waals surface area contributed by atoms with E-state index in [-0.39, 0.29) is 6.10 Å². The van der Waals surface area contributed by atoms with E-state index in [0.29, 0.717) is 6.42 Å². The van der Waals surface area contributed by atoms with Gasteiger partial charge in [-0.2, -0.15) is 0 Å². The molecule has 0 bridgehead atoms. The van der Waals surface area contributed by atoms with Crippen molar-refractivity contribution >= 4 is 15.9 Å². The summed E-state index contributed by atoms with van der Waals surface area (Å²) >= 11 is 3.47. The Morgan fingerprint density at radius 2 is 2.00 bits per heavy atom. The van der Waals surface area contributed by atoms with E-state index in [2.05, 4.69) is 15.9 Å². The van der Waals surface area contributed by atoms with E-state index < -0.39 is 6.10 Å². The highest BCUT2D eigenvalue weighted by Crippen LogP contribution is 2.43. The van der Waals surface area contributed by atoms with Crippen molar-refractivity contribution in [2.45, 2.75) is 18.6 Å². The SMILES string of the molecule is COc1ccc(Br)cc1C1C[C@H](O)c2ccccc2O1. The van der Waals surface area contributed by atoms with Gasteiger partial charge in [-0.1, -0.05) is 34.1 Å². The van der Waals surface area contributed by atoms with E-state index in [4.69, 9.17) is 9.47 Å². The van der Waals surface area contributed by atoms with Crippen LogP contribution in [0.5, 0.6) is 11.5 Å². The smallest absolute Gasteiger partial charge is 0.130 e. The number of aliphatic hydroxyl groups is 1. The van der Waals surface area contributed by atoms with Crippen LogP contribution in [0.1, 0.15) is 29.8 Å². The van der Waals surface area contributed by atoms with Crippen LogP contribution >= 0.6 is 15.9 Å². The van der Waals surface area contributed by atoms with Crippen LogP contribution in [0, 0.1) is 0 Å². The molecule has 1 aliphatic rings. The molecule has 3 nitrogen and oxygen atoms in total.